The first-order valence-corrected chi connectivity index (χ1v) is 6.75. The van der Waals surface area contributed by atoms with Gasteiger partial charge in [0.05, 0.1) is 0 Å². The molecule has 0 saturated heterocycles. The van der Waals surface area contributed by atoms with E-state index in [0.717, 1.165) is 5.56 Å². The topological polar surface area (TPSA) is 111 Å². The third kappa shape index (κ3) is 5.27. The van der Waals surface area contributed by atoms with Crippen LogP contribution in [-0.2, 0) is 14.3 Å². The van der Waals surface area contributed by atoms with Crippen molar-refractivity contribution in [3.05, 3.63) is 47.7 Å². The Hall–Kier alpha value is -3.16. The molecule has 2 rings (SSSR count). The van der Waals surface area contributed by atoms with E-state index in [1.807, 2.05) is 6.92 Å². The number of hydrogen-bond donors (Lipinski definition) is 2. The van der Waals surface area contributed by atoms with Gasteiger partial charge in [0.1, 0.15) is 12.8 Å². The van der Waals surface area contributed by atoms with Crippen molar-refractivity contribution in [1.82, 2.24) is 10.5 Å². The summed E-state index contributed by atoms with van der Waals surface area (Å²) in [6, 6.07) is 8.34. The van der Waals surface area contributed by atoms with E-state index in [2.05, 4.69) is 20.3 Å². The number of carbonyl (C=O) groups excluding carboxylic acids is 3. The molecule has 8 heteroatoms. The summed E-state index contributed by atoms with van der Waals surface area (Å²) < 4.78 is 9.27. The normalized spacial score (nSPS) is 9.96. The van der Waals surface area contributed by atoms with Crippen LogP contribution >= 0.6 is 0 Å². The zero-order valence-corrected chi connectivity index (χ0v) is 12.4. The van der Waals surface area contributed by atoms with Gasteiger partial charge in [-0.3, -0.25) is 14.4 Å². The van der Waals surface area contributed by atoms with Crippen molar-refractivity contribution in [3.8, 4) is 0 Å². The van der Waals surface area contributed by atoms with E-state index in [1.54, 1.807) is 24.3 Å². The van der Waals surface area contributed by atoms with E-state index in [0.29, 0.717) is 5.56 Å². The predicted molar refractivity (Wildman–Crippen MR) is 79.6 cm³/mol. The molecule has 0 aliphatic heterocycles. The number of aromatic nitrogens is 1. The van der Waals surface area contributed by atoms with Gasteiger partial charge in [-0.15, -0.1) is 0 Å². The first-order valence-electron chi connectivity index (χ1n) is 6.75. The first-order chi connectivity index (χ1) is 11.0. The van der Waals surface area contributed by atoms with Gasteiger partial charge >= 0.3 is 5.97 Å². The molecule has 0 saturated carbocycles. The fraction of sp³-hybridized carbons (Fsp3) is 0.200. The van der Waals surface area contributed by atoms with Gasteiger partial charge in [-0.25, -0.2) is 0 Å². The molecule has 0 fully saturated rings. The smallest absolute Gasteiger partial charge is 0.325 e. The first kappa shape index (κ1) is 16.2. The quantitative estimate of drug-likeness (QED) is 0.766. The van der Waals surface area contributed by atoms with Crippen LogP contribution in [0.2, 0.25) is 0 Å². The van der Waals surface area contributed by atoms with Crippen LogP contribution in [0, 0.1) is 6.92 Å². The summed E-state index contributed by atoms with van der Waals surface area (Å²) in [6.07, 6.45) is 1.29. The predicted octanol–water partition coefficient (Wildman–Crippen LogP) is 0.895. The highest BCUT2D eigenvalue weighted by molar-refractivity contribution is 5.96. The summed E-state index contributed by atoms with van der Waals surface area (Å²) in [5, 5.41) is 8.26. The number of esters is 1. The van der Waals surface area contributed by atoms with Gasteiger partial charge in [-0.2, -0.15) is 0 Å². The third-order valence-electron chi connectivity index (χ3n) is 2.78. The van der Waals surface area contributed by atoms with Gasteiger partial charge < -0.3 is 19.9 Å². The van der Waals surface area contributed by atoms with Gasteiger partial charge in [-0.1, -0.05) is 22.9 Å². The summed E-state index contributed by atoms with van der Waals surface area (Å²) in [6.45, 7) is 1.10. The van der Waals surface area contributed by atoms with Crippen LogP contribution in [0.3, 0.4) is 0 Å². The lowest BCUT2D eigenvalue weighted by atomic mass is 10.1. The van der Waals surface area contributed by atoms with E-state index in [9.17, 15) is 14.4 Å². The lowest BCUT2D eigenvalue weighted by molar-refractivity contribution is -0.146. The average Bonchev–Trinajstić information content (AvgIpc) is 3.04. The Kier molecular flexibility index (Phi) is 5.45. The maximum atomic E-state index is 11.8. The Bertz CT molecular complexity index is 680. The number of nitrogens with zero attached hydrogens (tertiary/aromatic N) is 1. The van der Waals surface area contributed by atoms with E-state index < -0.39 is 24.4 Å². The molecule has 1 aromatic heterocycles. The molecule has 0 atom stereocenters. The summed E-state index contributed by atoms with van der Waals surface area (Å²) in [5.74, 6) is -1.45. The molecule has 2 N–H and O–H groups in total. The van der Waals surface area contributed by atoms with Crippen LogP contribution in [0.25, 0.3) is 0 Å². The molecule has 120 valence electrons. The number of anilines is 1. The summed E-state index contributed by atoms with van der Waals surface area (Å²) >= 11 is 0. The number of nitrogens with one attached hydrogen (secondary N) is 2. The second kappa shape index (κ2) is 7.74. The van der Waals surface area contributed by atoms with E-state index in [1.165, 1.54) is 12.3 Å². The Morgan fingerprint density at radius 1 is 1.17 bits per heavy atom. The molecule has 0 radical (unpaired) electrons. The van der Waals surface area contributed by atoms with Crippen molar-refractivity contribution in [2.45, 2.75) is 6.92 Å². The minimum absolute atomic E-state index is 0.221. The lowest BCUT2D eigenvalue weighted by Crippen LogP contribution is -2.32. The lowest BCUT2D eigenvalue weighted by Gasteiger charge is -2.06. The number of benzene rings is 1. The molecule has 2 aromatic rings. The fourth-order valence-electron chi connectivity index (χ4n) is 1.61. The van der Waals surface area contributed by atoms with Crippen LogP contribution in [0.4, 0.5) is 5.82 Å². The molecule has 1 heterocycles. The SMILES string of the molecule is Cc1ccc(C(=O)NCC(=O)OCC(=O)Nc2ccon2)cc1. The van der Waals surface area contributed by atoms with Crippen molar-refractivity contribution in [3.63, 3.8) is 0 Å². The molecule has 0 spiro atoms. The van der Waals surface area contributed by atoms with Gasteiger partial charge in [-0.05, 0) is 19.1 Å². The van der Waals surface area contributed by atoms with E-state index in [-0.39, 0.29) is 12.4 Å². The van der Waals surface area contributed by atoms with Gasteiger partial charge in [0, 0.05) is 11.6 Å². The van der Waals surface area contributed by atoms with Crippen molar-refractivity contribution < 1.29 is 23.6 Å². The van der Waals surface area contributed by atoms with E-state index >= 15 is 0 Å². The zero-order valence-electron chi connectivity index (χ0n) is 12.4. The second-order valence-corrected chi connectivity index (χ2v) is 4.64. The molecular weight excluding hydrogens is 302 g/mol. The van der Waals surface area contributed by atoms with Crippen molar-refractivity contribution in [2.75, 3.05) is 18.5 Å². The standard InChI is InChI=1S/C15H15N3O5/c1-10-2-4-11(5-3-10)15(21)16-8-14(20)22-9-13(19)17-12-6-7-23-18-12/h2-7H,8-9H2,1H3,(H,16,21)(H,17,18,19). The molecule has 23 heavy (non-hydrogen) atoms. The van der Waals surface area contributed by atoms with Gasteiger partial charge in [0.2, 0.25) is 0 Å². The molecule has 0 bridgehead atoms. The number of ether oxygens (including phenoxy) is 1. The Labute approximate surface area is 131 Å². The van der Waals surface area contributed by atoms with Crippen LogP contribution in [0.5, 0.6) is 0 Å². The van der Waals surface area contributed by atoms with E-state index in [4.69, 9.17) is 4.74 Å². The Morgan fingerprint density at radius 2 is 1.91 bits per heavy atom. The number of hydrogen-bond acceptors (Lipinski definition) is 6. The average molecular weight is 317 g/mol. The molecule has 0 aliphatic rings. The molecular formula is C15H15N3O5. The highest BCUT2D eigenvalue weighted by Crippen LogP contribution is 2.03. The Balaban J connectivity index is 1.69. The second-order valence-electron chi connectivity index (χ2n) is 4.64. The highest BCUT2D eigenvalue weighted by atomic mass is 16.5. The maximum Gasteiger partial charge on any atom is 0.325 e. The van der Waals surface area contributed by atoms with Gasteiger partial charge in [0.15, 0.2) is 12.4 Å². The van der Waals surface area contributed by atoms with Crippen LogP contribution in [0.1, 0.15) is 15.9 Å². The molecule has 1 aromatic carbocycles. The summed E-state index contributed by atoms with van der Waals surface area (Å²) in [5.41, 5.74) is 1.46. The molecule has 0 aliphatic carbocycles. The minimum atomic E-state index is -0.722. The van der Waals surface area contributed by atoms with Crippen LogP contribution in [0.15, 0.2) is 41.1 Å². The highest BCUT2D eigenvalue weighted by Gasteiger charge is 2.11. The molecule has 8 nitrogen and oxygen atoms in total. The monoisotopic (exact) mass is 317 g/mol. The maximum absolute atomic E-state index is 11.8. The Morgan fingerprint density at radius 3 is 2.57 bits per heavy atom. The number of aryl methyl sites for hydroxylation is 1. The number of rotatable bonds is 6. The molecule has 2 amide bonds. The van der Waals surface area contributed by atoms with Crippen molar-refractivity contribution in [2.24, 2.45) is 0 Å². The zero-order chi connectivity index (χ0) is 16.7. The third-order valence-corrected chi connectivity index (χ3v) is 2.78. The summed E-state index contributed by atoms with van der Waals surface area (Å²) in [4.78, 5) is 34.7. The van der Waals surface area contributed by atoms with Gasteiger partial charge in [0.25, 0.3) is 11.8 Å². The van der Waals surface area contributed by atoms with Crippen molar-refractivity contribution >= 4 is 23.6 Å². The minimum Gasteiger partial charge on any atom is -0.454 e. The molecule has 0 unspecified atom stereocenters. The largest absolute Gasteiger partial charge is 0.454 e. The fourth-order valence-corrected chi connectivity index (χ4v) is 1.61. The van der Waals surface area contributed by atoms with Crippen LogP contribution < -0.4 is 10.6 Å². The number of carbonyl (C=O) groups is 3. The van der Waals surface area contributed by atoms with Crippen molar-refractivity contribution in [1.29, 1.82) is 0 Å². The number of amides is 2. The summed E-state index contributed by atoms with van der Waals surface area (Å²) in [7, 11) is 0. The van der Waals surface area contributed by atoms with Crippen LogP contribution in [-0.4, -0.2) is 36.1 Å².